The second-order valence-corrected chi connectivity index (χ2v) is 13.7. The van der Waals surface area contributed by atoms with Gasteiger partial charge >= 0.3 is 6.03 Å². The van der Waals surface area contributed by atoms with Crippen LogP contribution >= 0.6 is 0 Å². The second-order valence-electron chi connectivity index (χ2n) is 13.7. The van der Waals surface area contributed by atoms with Crippen LogP contribution < -0.4 is 15.4 Å². The minimum Gasteiger partial charge on any atom is -0.457 e. The summed E-state index contributed by atoms with van der Waals surface area (Å²) in [6.45, 7) is 3.11. The Balaban J connectivity index is 0.957. The minimum atomic E-state index is -0.605. The lowest BCUT2D eigenvalue weighted by Crippen LogP contribution is -2.39. The van der Waals surface area contributed by atoms with Crippen LogP contribution in [0.5, 0.6) is 11.5 Å². The van der Waals surface area contributed by atoms with Crippen molar-refractivity contribution < 1.29 is 24.1 Å². The smallest absolute Gasteiger partial charge is 0.319 e. The Morgan fingerprint density at radius 2 is 1.45 bits per heavy atom. The number of nitrogens with one attached hydrogen (secondary N) is 2. The summed E-state index contributed by atoms with van der Waals surface area (Å²) in [6, 6.07) is 48.9. The SMILES string of the molecule is CC1C(Cn2cnc3ccccc32)OC(c2ccc(-c3ccccc3CNC(=O)Nc3ccc(Oc4ccccc4)cc3)cc2)OC1c1ccc(CO)cc1. The van der Waals surface area contributed by atoms with E-state index in [1.165, 1.54) is 0 Å². The fraction of sp³-hybridized carbons (Fsp3) is 0.174. The van der Waals surface area contributed by atoms with Crippen LogP contribution in [0, 0.1) is 5.92 Å². The number of amides is 2. The second kappa shape index (κ2) is 16.4. The summed E-state index contributed by atoms with van der Waals surface area (Å²) in [5.74, 6) is 1.46. The van der Waals surface area contributed by atoms with Gasteiger partial charge in [-0.25, -0.2) is 9.78 Å². The number of para-hydroxylation sites is 3. The normalized spacial score (nSPS) is 18.1. The molecule has 2 amide bonds. The number of hydrogen-bond acceptors (Lipinski definition) is 6. The number of rotatable bonds is 11. The van der Waals surface area contributed by atoms with Crippen LogP contribution in [0.15, 0.2) is 158 Å². The van der Waals surface area contributed by atoms with E-state index >= 15 is 0 Å². The summed E-state index contributed by atoms with van der Waals surface area (Å²) in [4.78, 5) is 17.5. The third-order valence-corrected chi connectivity index (χ3v) is 10.1. The molecule has 0 saturated carbocycles. The quantitative estimate of drug-likeness (QED) is 0.122. The van der Waals surface area contributed by atoms with Gasteiger partial charge in [0, 0.05) is 23.7 Å². The maximum absolute atomic E-state index is 12.9. The number of carbonyl (C=O) groups excluding carboxylic acids is 1. The van der Waals surface area contributed by atoms with Gasteiger partial charge in [0.25, 0.3) is 0 Å². The van der Waals surface area contributed by atoms with Crippen molar-refractivity contribution in [2.75, 3.05) is 5.32 Å². The monoisotopic (exact) mass is 730 g/mol. The molecule has 55 heavy (non-hydrogen) atoms. The molecule has 1 aromatic heterocycles. The number of aliphatic hydroxyl groups is 1. The van der Waals surface area contributed by atoms with Gasteiger partial charge < -0.3 is 34.5 Å². The fourth-order valence-corrected chi connectivity index (χ4v) is 7.04. The van der Waals surface area contributed by atoms with Gasteiger partial charge in [-0.2, -0.15) is 0 Å². The van der Waals surface area contributed by atoms with E-state index in [9.17, 15) is 9.90 Å². The molecule has 0 spiro atoms. The van der Waals surface area contributed by atoms with Crippen molar-refractivity contribution in [2.24, 2.45) is 5.92 Å². The zero-order valence-corrected chi connectivity index (χ0v) is 30.4. The topological polar surface area (TPSA) is 107 Å². The van der Waals surface area contributed by atoms with Crippen molar-refractivity contribution >= 4 is 22.8 Å². The zero-order valence-electron chi connectivity index (χ0n) is 30.4. The largest absolute Gasteiger partial charge is 0.457 e. The number of fused-ring (bicyclic) bond motifs is 1. The number of benzene rings is 6. The first-order valence-corrected chi connectivity index (χ1v) is 18.5. The molecule has 8 rings (SSSR count). The summed E-state index contributed by atoms with van der Waals surface area (Å²) >= 11 is 0. The highest BCUT2D eigenvalue weighted by molar-refractivity contribution is 5.89. The molecule has 0 radical (unpaired) electrons. The molecule has 6 aromatic carbocycles. The van der Waals surface area contributed by atoms with Crippen molar-refractivity contribution in [3.8, 4) is 22.6 Å². The number of anilines is 1. The van der Waals surface area contributed by atoms with Gasteiger partial charge in [-0.1, -0.05) is 110 Å². The Morgan fingerprint density at radius 3 is 2.24 bits per heavy atom. The van der Waals surface area contributed by atoms with Crippen molar-refractivity contribution in [3.63, 3.8) is 0 Å². The number of ether oxygens (including phenoxy) is 3. The molecule has 7 aromatic rings. The predicted molar refractivity (Wildman–Crippen MR) is 213 cm³/mol. The lowest BCUT2D eigenvalue weighted by molar-refractivity contribution is -0.276. The summed E-state index contributed by atoms with van der Waals surface area (Å²) in [5.41, 5.74) is 8.47. The van der Waals surface area contributed by atoms with Crippen LogP contribution in [-0.2, 0) is 29.2 Å². The summed E-state index contributed by atoms with van der Waals surface area (Å²) in [7, 11) is 0. The molecule has 3 N–H and O–H groups in total. The third kappa shape index (κ3) is 8.29. The lowest BCUT2D eigenvalue weighted by Gasteiger charge is -2.41. The third-order valence-electron chi connectivity index (χ3n) is 10.1. The fourth-order valence-electron chi connectivity index (χ4n) is 7.04. The van der Waals surface area contributed by atoms with E-state index in [0.29, 0.717) is 24.5 Å². The Bertz CT molecular complexity index is 2340. The molecule has 0 bridgehead atoms. The minimum absolute atomic E-state index is 0.0113. The maximum Gasteiger partial charge on any atom is 0.319 e. The van der Waals surface area contributed by atoms with Crippen LogP contribution in [0.25, 0.3) is 22.2 Å². The van der Waals surface area contributed by atoms with Gasteiger partial charge in [0.1, 0.15) is 11.5 Å². The highest BCUT2D eigenvalue weighted by Gasteiger charge is 2.38. The Morgan fingerprint density at radius 1 is 0.764 bits per heavy atom. The van der Waals surface area contributed by atoms with Crippen molar-refractivity contribution in [3.05, 3.63) is 180 Å². The molecule has 4 atom stereocenters. The van der Waals surface area contributed by atoms with Crippen LogP contribution in [0.3, 0.4) is 0 Å². The van der Waals surface area contributed by atoms with E-state index in [1.807, 2.05) is 134 Å². The first-order chi connectivity index (χ1) is 27.0. The molecular formula is C46H42N4O5. The standard InChI is InChI=1S/C46H42N4O5/c1-31-43(28-50-30-48-41-13-7-8-14-42(41)50)54-45(55-44(31)34-17-15-32(29-51)16-18-34)35-21-19-33(20-22-35)40-12-6-5-9-36(40)27-47-46(52)49-37-23-25-39(26-24-37)53-38-10-3-2-4-11-38/h2-26,30-31,43-45,51H,27-29H2,1H3,(H2,47,49,52). The van der Waals surface area contributed by atoms with E-state index in [4.69, 9.17) is 14.2 Å². The summed E-state index contributed by atoms with van der Waals surface area (Å²) < 4.78 is 21.5. The van der Waals surface area contributed by atoms with Gasteiger partial charge in [0.05, 0.1) is 42.7 Å². The highest BCUT2D eigenvalue weighted by atomic mass is 16.7. The molecule has 1 fully saturated rings. The maximum atomic E-state index is 12.9. The lowest BCUT2D eigenvalue weighted by atomic mass is 9.90. The molecule has 276 valence electrons. The number of imidazole rings is 1. The first-order valence-electron chi connectivity index (χ1n) is 18.5. The number of urea groups is 1. The van der Waals surface area contributed by atoms with Crippen LogP contribution in [0.1, 0.15) is 41.6 Å². The first kappa shape index (κ1) is 35.8. The Kier molecular flexibility index (Phi) is 10.7. The van der Waals surface area contributed by atoms with Crippen molar-refractivity contribution in [1.82, 2.24) is 14.9 Å². The van der Waals surface area contributed by atoms with Crippen LogP contribution in [0.2, 0.25) is 0 Å². The van der Waals surface area contributed by atoms with E-state index in [2.05, 4.69) is 51.4 Å². The number of hydrogen-bond donors (Lipinski definition) is 3. The number of aliphatic hydroxyl groups excluding tert-OH is 1. The van der Waals surface area contributed by atoms with E-state index in [0.717, 1.165) is 50.2 Å². The van der Waals surface area contributed by atoms with Crippen LogP contribution in [0.4, 0.5) is 10.5 Å². The van der Waals surface area contributed by atoms with E-state index in [-0.39, 0.29) is 30.8 Å². The van der Waals surface area contributed by atoms with Crippen LogP contribution in [-0.4, -0.2) is 26.8 Å². The average molecular weight is 731 g/mol. The molecule has 1 aliphatic heterocycles. The molecule has 1 aliphatic rings. The molecule has 2 heterocycles. The van der Waals surface area contributed by atoms with Gasteiger partial charge in [0.2, 0.25) is 0 Å². The molecule has 9 nitrogen and oxygen atoms in total. The molecule has 1 saturated heterocycles. The number of nitrogens with zero attached hydrogens (tertiary/aromatic N) is 2. The molecular weight excluding hydrogens is 689 g/mol. The number of aromatic nitrogens is 2. The highest BCUT2D eigenvalue weighted by Crippen LogP contribution is 2.42. The Labute approximate surface area is 320 Å². The van der Waals surface area contributed by atoms with Gasteiger partial charge in [0.15, 0.2) is 6.29 Å². The summed E-state index contributed by atoms with van der Waals surface area (Å²) in [6.07, 6.45) is 0.870. The Hall–Kier alpha value is -6.26. The molecule has 0 aliphatic carbocycles. The zero-order chi connectivity index (χ0) is 37.6. The van der Waals surface area contributed by atoms with Gasteiger partial charge in [-0.3, -0.25) is 0 Å². The molecule has 9 heteroatoms. The van der Waals surface area contributed by atoms with Crippen molar-refractivity contribution in [1.29, 1.82) is 0 Å². The van der Waals surface area contributed by atoms with Gasteiger partial charge in [-0.15, -0.1) is 0 Å². The van der Waals surface area contributed by atoms with Gasteiger partial charge in [-0.05, 0) is 76.3 Å². The van der Waals surface area contributed by atoms with E-state index in [1.54, 1.807) is 0 Å². The van der Waals surface area contributed by atoms with Crippen molar-refractivity contribution in [2.45, 2.75) is 45.1 Å². The molecule has 4 unspecified atom stereocenters. The predicted octanol–water partition coefficient (Wildman–Crippen LogP) is 9.80. The average Bonchev–Trinajstić information content (AvgIpc) is 3.64. The van der Waals surface area contributed by atoms with E-state index < -0.39 is 6.29 Å². The number of carbonyl (C=O) groups is 1. The summed E-state index contributed by atoms with van der Waals surface area (Å²) in [5, 5.41) is 15.5.